The zero-order valence-electron chi connectivity index (χ0n) is 18.2. The highest BCUT2D eigenvalue weighted by Crippen LogP contribution is 2.40. The zero-order chi connectivity index (χ0) is 22.6. The number of carbonyl (C=O) groups is 1. The van der Waals surface area contributed by atoms with Crippen molar-refractivity contribution in [3.05, 3.63) is 72.1 Å². The van der Waals surface area contributed by atoms with Crippen molar-refractivity contribution in [2.24, 2.45) is 0 Å². The van der Waals surface area contributed by atoms with Crippen LogP contribution in [0.15, 0.2) is 60.9 Å². The number of fused-ring (bicyclic) bond motifs is 2. The van der Waals surface area contributed by atoms with E-state index in [4.69, 9.17) is 19.2 Å². The molecule has 0 spiro atoms. The van der Waals surface area contributed by atoms with Crippen LogP contribution in [0.4, 0.5) is 5.13 Å². The molecule has 0 saturated carbocycles. The molecular weight excluding hydrogens is 438 g/mol. The molecule has 1 aliphatic heterocycles. The Kier molecular flexibility index (Phi) is 6.08. The molecule has 1 amide bonds. The smallest absolute Gasteiger partial charge is 0.260 e. The van der Waals surface area contributed by atoms with Crippen LogP contribution < -0.4 is 19.1 Å². The van der Waals surface area contributed by atoms with Gasteiger partial charge < -0.3 is 14.2 Å². The Hall–Kier alpha value is -3.65. The van der Waals surface area contributed by atoms with Crippen molar-refractivity contribution in [1.29, 1.82) is 0 Å². The minimum atomic E-state index is -0.154. The van der Waals surface area contributed by atoms with Crippen molar-refractivity contribution in [2.45, 2.75) is 26.3 Å². The topological polar surface area (TPSA) is 73.8 Å². The first kappa shape index (κ1) is 21.2. The molecule has 5 rings (SSSR count). The Morgan fingerprint density at radius 1 is 1.15 bits per heavy atom. The molecule has 0 radical (unpaired) electrons. The maximum atomic E-state index is 13.7. The molecule has 2 aromatic carbocycles. The van der Waals surface area contributed by atoms with Crippen LogP contribution in [0.2, 0.25) is 0 Å². The SMILES string of the molecule is CCCCOc1cccc(C(=O)N(Cc2cccnc2)c2nc3cc4c(cc3s2)OCO4)c1. The van der Waals surface area contributed by atoms with Crippen molar-refractivity contribution in [3.8, 4) is 17.2 Å². The van der Waals surface area contributed by atoms with E-state index in [1.807, 2.05) is 36.4 Å². The lowest BCUT2D eigenvalue weighted by Crippen LogP contribution is -2.30. The highest BCUT2D eigenvalue weighted by molar-refractivity contribution is 7.22. The fourth-order valence-corrected chi connectivity index (χ4v) is 4.50. The average Bonchev–Trinajstić information content (AvgIpc) is 3.47. The molecule has 8 heteroatoms. The number of benzene rings is 2. The highest BCUT2D eigenvalue weighted by atomic mass is 32.1. The van der Waals surface area contributed by atoms with Gasteiger partial charge in [0.2, 0.25) is 6.79 Å². The number of pyridine rings is 1. The number of nitrogens with zero attached hydrogens (tertiary/aromatic N) is 3. The maximum Gasteiger partial charge on any atom is 0.260 e. The molecule has 2 aromatic heterocycles. The summed E-state index contributed by atoms with van der Waals surface area (Å²) in [6.45, 7) is 3.30. The Labute approximate surface area is 195 Å². The van der Waals surface area contributed by atoms with Crippen LogP contribution in [0.3, 0.4) is 0 Å². The van der Waals surface area contributed by atoms with E-state index in [1.54, 1.807) is 29.4 Å². The van der Waals surface area contributed by atoms with E-state index in [0.717, 1.165) is 28.6 Å². The van der Waals surface area contributed by atoms with Gasteiger partial charge in [0.25, 0.3) is 5.91 Å². The van der Waals surface area contributed by atoms with E-state index in [2.05, 4.69) is 11.9 Å². The average molecular weight is 462 g/mol. The Morgan fingerprint density at radius 3 is 2.85 bits per heavy atom. The predicted octanol–water partition coefficient (Wildman–Crippen LogP) is 5.45. The van der Waals surface area contributed by atoms with Crippen molar-refractivity contribution in [2.75, 3.05) is 18.3 Å². The first-order chi connectivity index (χ1) is 16.2. The fraction of sp³-hybridized carbons (Fsp3) is 0.240. The van der Waals surface area contributed by atoms with Gasteiger partial charge in [-0.3, -0.25) is 14.7 Å². The Bertz CT molecular complexity index is 1230. The van der Waals surface area contributed by atoms with Crippen LogP contribution in [0.25, 0.3) is 10.2 Å². The van der Waals surface area contributed by atoms with Crippen LogP contribution in [0.1, 0.15) is 35.7 Å². The number of aromatic nitrogens is 2. The molecular formula is C25H23N3O4S. The number of hydrogen-bond acceptors (Lipinski definition) is 7. The van der Waals surface area contributed by atoms with Gasteiger partial charge in [-0.2, -0.15) is 0 Å². The fourth-order valence-electron chi connectivity index (χ4n) is 3.53. The lowest BCUT2D eigenvalue weighted by Gasteiger charge is -2.20. The number of carbonyl (C=O) groups excluding carboxylic acids is 1. The summed E-state index contributed by atoms with van der Waals surface area (Å²) in [4.78, 5) is 24.3. The molecule has 0 fully saturated rings. The summed E-state index contributed by atoms with van der Waals surface area (Å²) in [6, 6.07) is 14.9. The first-order valence-electron chi connectivity index (χ1n) is 10.8. The molecule has 168 valence electrons. The summed E-state index contributed by atoms with van der Waals surface area (Å²) < 4.78 is 17.7. The molecule has 1 aliphatic rings. The lowest BCUT2D eigenvalue weighted by atomic mass is 10.1. The summed E-state index contributed by atoms with van der Waals surface area (Å²) in [5, 5.41) is 0.597. The van der Waals surface area contributed by atoms with Crippen molar-refractivity contribution < 1.29 is 19.0 Å². The van der Waals surface area contributed by atoms with E-state index < -0.39 is 0 Å². The number of amides is 1. The van der Waals surface area contributed by atoms with Crippen LogP contribution in [-0.4, -0.2) is 29.3 Å². The minimum absolute atomic E-state index is 0.154. The summed E-state index contributed by atoms with van der Waals surface area (Å²) in [5.74, 6) is 1.89. The van der Waals surface area contributed by atoms with Crippen molar-refractivity contribution >= 4 is 32.6 Å². The van der Waals surface area contributed by atoms with Crippen molar-refractivity contribution in [3.63, 3.8) is 0 Å². The Morgan fingerprint density at radius 2 is 2.03 bits per heavy atom. The maximum absolute atomic E-state index is 13.7. The zero-order valence-corrected chi connectivity index (χ0v) is 19.0. The van der Waals surface area contributed by atoms with Gasteiger partial charge in [-0.25, -0.2) is 4.98 Å². The van der Waals surface area contributed by atoms with E-state index in [9.17, 15) is 4.79 Å². The molecule has 7 nitrogen and oxygen atoms in total. The number of hydrogen-bond donors (Lipinski definition) is 0. The number of rotatable bonds is 8. The summed E-state index contributed by atoms with van der Waals surface area (Å²) >= 11 is 1.44. The van der Waals surface area contributed by atoms with Gasteiger partial charge in [0, 0.05) is 30.1 Å². The van der Waals surface area contributed by atoms with Gasteiger partial charge in [0.15, 0.2) is 16.6 Å². The molecule has 0 aliphatic carbocycles. The molecule has 0 saturated heterocycles. The summed E-state index contributed by atoms with van der Waals surface area (Å²) in [7, 11) is 0. The monoisotopic (exact) mass is 461 g/mol. The molecule has 4 aromatic rings. The number of anilines is 1. The highest BCUT2D eigenvalue weighted by Gasteiger charge is 2.24. The van der Waals surface area contributed by atoms with E-state index in [0.29, 0.717) is 41.1 Å². The van der Waals surface area contributed by atoms with Crippen LogP contribution >= 0.6 is 11.3 Å². The first-order valence-corrected chi connectivity index (χ1v) is 11.7. The van der Waals surface area contributed by atoms with Gasteiger partial charge in [-0.1, -0.05) is 36.8 Å². The van der Waals surface area contributed by atoms with Crippen LogP contribution in [-0.2, 0) is 6.54 Å². The van der Waals surface area contributed by atoms with Gasteiger partial charge in [0.05, 0.1) is 23.4 Å². The quantitative estimate of drug-likeness (QED) is 0.325. The summed E-state index contributed by atoms with van der Waals surface area (Å²) in [6.07, 6.45) is 5.49. The second-order valence-electron chi connectivity index (χ2n) is 7.65. The third-order valence-corrected chi connectivity index (χ3v) is 6.30. The molecule has 3 heterocycles. The summed E-state index contributed by atoms with van der Waals surface area (Å²) in [5.41, 5.74) is 2.22. The lowest BCUT2D eigenvalue weighted by molar-refractivity contribution is 0.0984. The third-order valence-electron chi connectivity index (χ3n) is 5.26. The molecule has 33 heavy (non-hydrogen) atoms. The van der Waals surface area contributed by atoms with Crippen LogP contribution in [0.5, 0.6) is 17.2 Å². The van der Waals surface area contributed by atoms with Gasteiger partial charge in [0.1, 0.15) is 5.75 Å². The van der Waals surface area contributed by atoms with Gasteiger partial charge in [-0.05, 0) is 36.2 Å². The predicted molar refractivity (Wildman–Crippen MR) is 127 cm³/mol. The van der Waals surface area contributed by atoms with Gasteiger partial charge >= 0.3 is 0 Å². The van der Waals surface area contributed by atoms with Gasteiger partial charge in [-0.15, -0.1) is 0 Å². The Balaban J connectivity index is 1.49. The van der Waals surface area contributed by atoms with E-state index >= 15 is 0 Å². The largest absolute Gasteiger partial charge is 0.494 e. The van der Waals surface area contributed by atoms with E-state index in [1.165, 1.54) is 11.3 Å². The second kappa shape index (κ2) is 9.46. The van der Waals surface area contributed by atoms with E-state index in [-0.39, 0.29) is 12.7 Å². The standard InChI is InChI=1S/C25H23N3O4S/c1-2-3-10-30-19-8-4-7-18(11-19)24(29)28(15-17-6-5-9-26-14-17)25-27-20-12-21-22(32-16-31-21)13-23(20)33-25/h4-9,11-14H,2-3,10,15-16H2,1H3. The molecule has 0 unspecified atom stereocenters. The molecule has 0 N–H and O–H groups in total. The van der Waals surface area contributed by atoms with Crippen LogP contribution in [0, 0.1) is 0 Å². The normalized spacial score (nSPS) is 12.2. The third kappa shape index (κ3) is 4.61. The van der Waals surface area contributed by atoms with Crippen molar-refractivity contribution in [1.82, 2.24) is 9.97 Å². The minimum Gasteiger partial charge on any atom is -0.494 e. The number of unbranched alkanes of at least 4 members (excludes halogenated alkanes) is 1. The molecule has 0 atom stereocenters. The number of thiazole rings is 1. The molecule has 0 bridgehead atoms. The number of ether oxygens (including phenoxy) is 3. The second-order valence-corrected chi connectivity index (χ2v) is 8.66.